The number of imidazole rings is 1. The molecule has 0 N–H and O–H groups in total. The predicted octanol–water partition coefficient (Wildman–Crippen LogP) is 3.94. The molecular weight excluding hydrogens is 301 g/mol. The number of nitrogens with zero attached hydrogens (tertiary/aromatic N) is 3. The van der Waals surface area contributed by atoms with Crippen molar-refractivity contribution in [3.05, 3.63) is 64.7 Å². The van der Waals surface area contributed by atoms with Crippen LogP contribution in [0.25, 0.3) is 11.0 Å². The van der Waals surface area contributed by atoms with Gasteiger partial charge in [-0.2, -0.15) is 0 Å². The van der Waals surface area contributed by atoms with E-state index in [1.54, 1.807) is 12.1 Å². The average molecular weight is 318 g/mol. The number of hydrogen-bond donors (Lipinski definition) is 0. The van der Waals surface area contributed by atoms with Crippen LogP contribution in [-0.2, 0) is 13.1 Å². The van der Waals surface area contributed by atoms with Gasteiger partial charge in [-0.25, -0.2) is 9.37 Å². The van der Waals surface area contributed by atoms with E-state index < -0.39 is 0 Å². The van der Waals surface area contributed by atoms with Gasteiger partial charge in [0.15, 0.2) is 0 Å². The first kappa shape index (κ1) is 15.0. The molecule has 3 nitrogen and oxygen atoms in total. The Balaban J connectivity index is 2.12. The van der Waals surface area contributed by atoms with Gasteiger partial charge in [0.05, 0.1) is 24.1 Å². The van der Waals surface area contributed by atoms with E-state index in [0.29, 0.717) is 23.7 Å². The van der Waals surface area contributed by atoms with Crippen molar-refractivity contribution < 1.29 is 4.39 Å². The fourth-order valence-electron chi connectivity index (χ4n) is 2.55. The molecule has 0 aliphatic rings. The number of rotatable bonds is 4. The molecule has 5 heteroatoms. The predicted molar refractivity (Wildman–Crippen MR) is 87.6 cm³/mol. The molecule has 3 aromatic rings. The molecule has 0 atom stereocenters. The molecule has 1 aromatic heterocycles. The lowest BCUT2D eigenvalue weighted by molar-refractivity contribution is 0.383. The summed E-state index contributed by atoms with van der Waals surface area (Å²) in [5.74, 6) is 0.603. The largest absolute Gasteiger partial charge is 0.322 e. The summed E-state index contributed by atoms with van der Waals surface area (Å²) in [4.78, 5) is 6.71. The van der Waals surface area contributed by atoms with E-state index in [1.165, 1.54) is 6.07 Å². The van der Waals surface area contributed by atoms with Crippen molar-refractivity contribution in [3.8, 4) is 0 Å². The molecule has 0 aliphatic heterocycles. The molecule has 0 unspecified atom stereocenters. The van der Waals surface area contributed by atoms with Gasteiger partial charge in [-0.1, -0.05) is 29.8 Å². The number of halogens is 2. The Bertz CT molecular complexity index is 791. The summed E-state index contributed by atoms with van der Waals surface area (Å²) in [6.07, 6.45) is 0. The fraction of sp³-hybridized carbons (Fsp3) is 0.235. The van der Waals surface area contributed by atoms with Gasteiger partial charge < -0.3 is 9.47 Å². The Labute approximate surface area is 133 Å². The maximum Gasteiger partial charge on any atom is 0.129 e. The Morgan fingerprint density at radius 3 is 2.64 bits per heavy atom. The first-order valence-electron chi connectivity index (χ1n) is 7.08. The van der Waals surface area contributed by atoms with Gasteiger partial charge in [-0.15, -0.1) is 0 Å². The molecule has 1 heterocycles. The van der Waals surface area contributed by atoms with Crippen molar-refractivity contribution in [1.82, 2.24) is 14.5 Å². The van der Waals surface area contributed by atoms with Gasteiger partial charge in [0.25, 0.3) is 0 Å². The standard InChI is InChI=1S/C17H17ClFN3/c1-21(2)11-17-20-15-8-3-4-9-16(15)22(17)10-12-13(18)6-5-7-14(12)19/h3-9H,10-11H2,1-2H3. The topological polar surface area (TPSA) is 21.1 Å². The number of para-hydroxylation sites is 2. The van der Waals surface area contributed by atoms with Crippen molar-refractivity contribution in [2.24, 2.45) is 0 Å². The number of hydrogen-bond acceptors (Lipinski definition) is 2. The summed E-state index contributed by atoms with van der Waals surface area (Å²) in [5, 5.41) is 0.439. The number of fused-ring (bicyclic) bond motifs is 1. The van der Waals surface area contributed by atoms with E-state index in [0.717, 1.165) is 16.9 Å². The minimum absolute atomic E-state index is 0.291. The Kier molecular flexibility index (Phi) is 4.14. The van der Waals surface area contributed by atoms with Gasteiger partial charge in [-0.05, 0) is 38.4 Å². The summed E-state index contributed by atoms with van der Waals surface area (Å²) < 4.78 is 16.1. The smallest absolute Gasteiger partial charge is 0.129 e. The number of aromatic nitrogens is 2. The lowest BCUT2D eigenvalue weighted by Crippen LogP contribution is -2.16. The molecule has 0 saturated carbocycles. The van der Waals surface area contributed by atoms with Crippen LogP contribution in [-0.4, -0.2) is 28.5 Å². The Morgan fingerprint density at radius 1 is 1.14 bits per heavy atom. The van der Waals surface area contributed by atoms with E-state index >= 15 is 0 Å². The highest BCUT2D eigenvalue weighted by Crippen LogP contribution is 2.24. The molecule has 0 amide bonds. The van der Waals surface area contributed by atoms with Crippen LogP contribution in [0.1, 0.15) is 11.4 Å². The molecule has 2 aromatic carbocycles. The summed E-state index contributed by atoms with van der Waals surface area (Å²) >= 11 is 6.17. The van der Waals surface area contributed by atoms with Crippen LogP contribution in [0, 0.1) is 5.82 Å². The zero-order valence-electron chi connectivity index (χ0n) is 12.6. The monoisotopic (exact) mass is 317 g/mol. The summed E-state index contributed by atoms with van der Waals surface area (Å²) in [5.41, 5.74) is 2.39. The average Bonchev–Trinajstić information content (AvgIpc) is 2.80. The molecule has 3 rings (SSSR count). The highest BCUT2D eigenvalue weighted by molar-refractivity contribution is 6.31. The zero-order valence-corrected chi connectivity index (χ0v) is 13.3. The van der Waals surface area contributed by atoms with Crippen LogP contribution in [0.4, 0.5) is 4.39 Å². The van der Waals surface area contributed by atoms with Crippen LogP contribution in [0.3, 0.4) is 0 Å². The van der Waals surface area contributed by atoms with E-state index in [2.05, 4.69) is 4.98 Å². The second-order valence-corrected chi connectivity index (χ2v) is 5.95. The van der Waals surface area contributed by atoms with E-state index in [9.17, 15) is 4.39 Å². The van der Waals surface area contributed by atoms with Crippen LogP contribution in [0.2, 0.25) is 5.02 Å². The van der Waals surface area contributed by atoms with Crippen LogP contribution < -0.4 is 0 Å². The van der Waals surface area contributed by atoms with Gasteiger partial charge >= 0.3 is 0 Å². The van der Waals surface area contributed by atoms with Crippen LogP contribution in [0.15, 0.2) is 42.5 Å². The summed E-state index contributed by atoms with van der Waals surface area (Å²) in [6.45, 7) is 1.05. The second kappa shape index (κ2) is 6.07. The van der Waals surface area contributed by atoms with Crippen LogP contribution in [0.5, 0.6) is 0 Å². The van der Waals surface area contributed by atoms with Gasteiger partial charge in [0.2, 0.25) is 0 Å². The Hall–Kier alpha value is -1.91. The molecule has 22 heavy (non-hydrogen) atoms. The molecule has 114 valence electrons. The molecule has 0 spiro atoms. The minimum Gasteiger partial charge on any atom is -0.322 e. The van der Waals surface area contributed by atoms with E-state index in [4.69, 9.17) is 11.6 Å². The van der Waals surface area contributed by atoms with Crippen molar-refractivity contribution in [2.45, 2.75) is 13.1 Å². The first-order valence-corrected chi connectivity index (χ1v) is 7.46. The first-order chi connectivity index (χ1) is 10.6. The quantitative estimate of drug-likeness (QED) is 0.727. The van der Waals surface area contributed by atoms with Crippen molar-refractivity contribution in [2.75, 3.05) is 14.1 Å². The third-order valence-electron chi connectivity index (χ3n) is 3.57. The molecule has 0 aliphatic carbocycles. The highest BCUT2D eigenvalue weighted by atomic mass is 35.5. The lowest BCUT2D eigenvalue weighted by atomic mass is 10.2. The normalized spacial score (nSPS) is 11.5. The second-order valence-electron chi connectivity index (χ2n) is 5.54. The van der Waals surface area contributed by atoms with Crippen molar-refractivity contribution >= 4 is 22.6 Å². The third kappa shape index (κ3) is 2.85. The SMILES string of the molecule is CN(C)Cc1nc2ccccc2n1Cc1c(F)cccc1Cl. The molecule has 0 radical (unpaired) electrons. The zero-order chi connectivity index (χ0) is 15.7. The lowest BCUT2D eigenvalue weighted by Gasteiger charge is -2.14. The number of benzene rings is 2. The molecule has 0 saturated heterocycles. The minimum atomic E-state index is -0.291. The maximum atomic E-state index is 14.1. The fourth-order valence-corrected chi connectivity index (χ4v) is 2.77. The third-order valence-corrected chi connectivity index (χ3v) is 3.92. The molecular formula is C17H17ClFN3. The van der Waals surface area contributed by atoms with Crippen molar-refractivity contribution in [3.63, 3.8) is 0 Å². The summed E-state index contributed by atoms with van der Waals surface area (Å²) in [7, 11) is 3.97. The van der Waals surface area contributed by atoms with E-state index in [-0.39, 0.29) is 5.82 Å². The molecule has 0 bridgehead atoms. The van der Waals surface area contributed by atoms with E-state index in [1.807, 2.05) is 47.8 Å². The molecule has 0 fully saturated rings. The maximum absolute atomic E-state index is 14.1. The van der Waals surface area contributed by atoms with Crippen LogP contribution >= 0.6 is 11.6 Å². The Morgan fingerprint density at radius 2 is 1.91 bits per heavy atom. The van der Waals surface area contributed by atoms with Gasteiger partial charge in [0.1, 0.15) is 11.6 Å². The van der Waals surface area contributed by atoms with Crippen molar-refractivity contribution in [1.29, 1.82) is 0 Å². The van der Waals surface area contributed by atoms with Gasteiger partial charge in [0, 0.05) is 10.6 Å². The summed E-state index contributed by atoms with van der Waals surface area (Å²) in [6, 6.07) is 12.6. The highest BCUT2D eigenvalue weighted by Gasteiger charge is 2.15. The van der Waals surface area contributed by atoms with Gasteiger partial charge in [-0.3, -0.25) is 0 Å².